The maximum atomic E-state index is 14.2. The third-order valence-electron chi connectivity index (χ3n) is 4.00. The summed E-state index contributed by atoms with van der Waals surface area (Å²) >= 11 is 0. The largest absolute Gasteiger partial charge is 0.497 e. The highest BCUT2D eigenvalue weighted by molar-refractivity contribution is 6.62. The van der Waals surface area contributed by atoms with Crippen LogP contribution in [0.5, 0.6) is 0 Å². The van der Waals surface area contributed by atoms with Crippen molar-refractivity contribution in [3.05, 3.63) is 29.3 Å². The van der Waals surface area contributed by atoms with Crippen LogP contribution in [0.4, 0.5) is 8.78 Å². The second-order valence-electron chi connectivity index (χ2n) is 5.89. The zero-order valence-corrected chi connectivity index (χ0v) is 12.3. The summed E-state index contributed by atoms with van der Waals surface area (Å²) in [6.07, 6.45) is 0. The number of amides is 1. The van der Waals surface area contributed by atoms with E-state index in [-0.39, 0.29) is 5.46 Å². The Kier molecular flexibility index (Phi) is 3.81. The maximum Gasteiger partial charge on any atom is 0.497 e. The van der Waals surface area contributed by atoms with E-state index in [0.29, 0.717) is 0 Å². The maximum absolute atomic E-state index is 14.2. The smallest absolute Gasteiger partial charge is 0.399 e. The van der Waals surface area contributed by atoms with Crippen LogP contribution in [0.3, 0.4) is 0 Å². The Morgan fingerprint density at radius 1 is 1.14 bits per heavy atom. The molecule has 1 saturated heterocycles. The first-order valence-corrected chi connectivity index (χ1v) is 6.45. The fraction of sp³-hybridized carbons (Fsp3) is 0.462. The second-order valence-corrected chi connectivity index (χ2v) is 5.89. The van der Waals surface area contributed by atoms with Crippen molar-refractivity contribution in [2.24, 2.45) is 5.84 Å². The zero-order chi connectivity index (χ0) is 16.0. The molecule has 21 heavy (non-hydrogen) atoms. The third kappa shape index (κ3) is 2.54. The normalized spacial score (nSPS) is 19.7. The first kappa shape index (κ1) is 15.9. The molecule has 8 heteroatoms. The lowest BCUT2D eigenvalue weighted by atomic mass is 9.78. The number of rotatable bonds is 2. The predicted molar refractivity (Wildman–Crippen MR) is 73.7 cm³/mol. The molecule has 0 aromatic heterocycles. The van der Waals surface area contributed by atoms with E-state index in [1.165, 1.54) is 6.07 Å². The van der Waals surface area contributed by atoms with Gasteiger partial charge < -0.3 is 9.31 Å². The average Bonchev–Trinajstić information content (AvgIpc) is 2.60. The van der Waals surface area contributed by atoms with Crippen LogP contribution in [0.2, 0.25) is 0 Å². The molecule has 1 aromatic carbocycles. The van der Waals surface area contributed by atoms with Crippen LogP contribution in [-0.4, -0.2) is 24.2 Å². The monoisotopic (exact) mass is 298 g/mol. The molecule has 1 amide bonds. The fourth-order valence-electron chi connectivity index (χ4n) is 1.97. The summed E-state index contributed by atoms with van der Waals surface area (Å²) in [7, 11) is -1.04. The molecule has 0 bridgehead atoms. The van der Waals surface area contributed by atoms with E-state index in [1.54, 1.807) is 33.1 Å². The van der Waals surface area contributed by atoms with Gasteiger partial charge in [0.1, 0.15) is 0 Å². The fourth-order valence-corrected chi connectivity index (χ4v) is 1.97. The van der Waals surface area contributed by atoms with Gasteiger partial charge in [-0.25, -0.2) is 14.6 Å². The molecule has 114 valence electrons. The molecule has 0 aliphatic carbocycles. The van der Waals surface area contributed by atoms with E-state index >= 15 is 0 Å². The van der Waals surface area contributed by atoms with Gasteiger partial charge in [-0.1, -0.05) is 6.07 Å². The molecule has 0 spiro atoms. The lowest BCUT2D eigenvalue weighted by Gasteiger charge is -2.32. The molecule has 5 nitrogen and oxygen atoms in total. The van der Waals surface area contributed by atoms with Crippen LogP contribution in [0.25, 0.3) is 0 Å². The highest BCUT2D eigenvalue weighted by Gasteiger charge is 2.52. The molecule has 2 rings (SSSR count). The Balaban J connectivity index is 2.40. The molecular weight excluding hydrogens is 281 g/mol. The first-order valence-electron chi connectivity index (χ1n) is 6.45. The molecule has 0 saturated carbocycles. The minimum absolute atomic E-state index is 0.0975. The quantitative estimate of drug-likeness (QED) is 0.368. The van der Waals surface area contributed by atoms with Gasteiger partial charge in [0, 0.05) is 5.46 Å². The lowest BCUT2D eigenvalue weighted by molar-refractivity contribution is 0.00578. The van der Waals surface area contributed by atoms with Crippen molar-refractivity contribution in [2.75, 3.05) is 0 Å². The Bertz CT molecular complexity index is 577. The molecule has 3 N–H and O–H groups in total. The van der Waals surface area contributed by atoms with Crippen molar-refractivity contribution in [1.82, 2.24) is 5.43 Å². The molecule has 1 aliphatic heterocycles. The van der Waals surface area contributed by atoms with Crippen LogP contribution in [0.1, 0.15) is 38.1 Å². The Morgan fingerprint density at radius 2 is 1.67 bits per heavy atom. The van der Waals surface area contributed by atoms with Gasteiger partial charge in [0.05, 0.1) is 16.8 Å². The summed E-state index contributed by atoms with van der Waals surface area (Å²) in [5, 5.41) is 0. The predicted octanol–water partition coefficient (Wildman–Crippen LogP) is 0.867. The van der Waals surface area contributed by atoms with Crippen LogP contribution in [0, 0.1) is 11.6 Å². The molecule has 1 heterocycles. The standard InChI is InChI=1S/C13H17BF2N2O3/c1-12(2)13(3,4)21-14(20-12)8-6-5-7(11(19)18-17)9(15)10(8)16/h5-6H,17H2,1-4H3,(H,18,19). The number of carbonyl (C=O) groups is 1. The van der Waals surface area contributed by atoms with Gasteiger partial charge in [-0.05, 0) is 33.8 Å². The molecular formula is C13H17BF2N2O3. The van der Waals surface area contributed by atoms with Gasteiger partial charge in [0.2, 0.25) is 0 Å². The molecule has 0 radical (unpaired) electrons. The summed E-state index contributed by atoms with van der Waals surface area (Å²) in [4.78, 5) is 11.3. The van der Waals surface area contributed by atoms with Gasteiger partial charge >= 0.3 is 7.12 Å². The number of hydrogen-bond acceptors (Lipinski definition) is 4. The second kappa shape index (κ2) is 5.05. The highest BCUT2D eigenvalue weighted by Crippen LogP contribution is 2.36. The molecule has 1 fully saturated rings. The van der Waals surface area contributed by atoms with Crippen molar-refractivity contribution in [2.45, 2.75) is 38.9 Å². The minimum Gasteiger partial charge on any atom is -0.399 e. The Morgan fingerprint density at radius 3 is 2.14 bits per heavy atom. The third-order valence-corrected chi connectivity index (χ3v) is 4.00. The van der Waals surface area contributed by atoms with Gasteiger partial charge in [-0.2, -0.15) is 0 Å². The van der Waals surface area contributed by atoms with Crippen molar-refractivity contribution < 1.29 is 22.9 Å². The number of hydrogen-bond donors (Lipinski definition) is 2. The van der Waals surface area contributed by atoms with E-state index < -0.39 is 41.4 Å². The molecule has 1 aromatic rings. The Hall–Kier alpha value is -1.51. The van der Waals surface area contributed by atoms with E-state index in [9.17, 15) is 13.6 Å². The van der Waals surface area contributed by atoms with E-state index in [2.05, 4.69) is 0 Å². The van der Waals surface area contributed by atoms with Gasteiger partial charge in [0.15, 0.2) is 11.6 Å². The van der Waals surface area contributed by atoms with Crippen LogP contribution in [0.15, 0.2) is 12.1 Å². The lowest BCUT2D eigenvalue weighted by Crippen LogP contribution is -2.41. The van der Waals surface area contributed by atoms with Crippen molar-refractivity contribution in [3.63, 3.8) is 0 Å². The first-order chi connectivity index (χ1) is 9.60. The van der Waals surface area contributed by atoms with Crippen molar-refractivity contribution in [3.8, 4) is 0 Å². The van der Waals surface area contributed by atoms with Gasteiger partial charge in [0.25, 0.3) is 5.91 Å². The van der Waals surface area contributed by atoms with Crippen LogP contribution < -0.4 is 16.7 Å². The summed E-state index contributed by atoms with van der Waals surface area (Å²) < 4.78 is 39.4. The van der Waals surface area contributed by atoms with Crippen LogP contribution >= 0.6 is 0 Å². The summed E-state index contributed by atoms with van der Waals surface area (Å²) in [6, 6.07) is 2.39. The molecule has 0 unspecified atom stereocenters. The summed E-state index contributed by atoms with van der Waals surface area (Å²) in [5.41, 5.74) is -0.163. The van der Waals surface area contributed by atoms with E-state index in [1.807, 2.05) is 0 Å². The van der Waals surface area contributed by atoms with E-state index in [4.69, 9.17) is 15.2 Å². The number of carbonyl (C=O) groups excluding carboxylic acids is 1. The highest BCUT2D eigenvalue weighted by atomic mass is 19.2. The Labute approximate surface area is 121 Å². The summed E-state index contributed by atoms with van der Waals surface area (Å²) in [5.74, 6) is 1.53. The number of halogens is 2. The average molecular weight is 298 g/mol. The number of benzene rings is 1. The topological polar surface area (TPSA) is 73.6 Å². The number of nitrogens with one attached hydrogen (secondary N) is 1. The van der Waals surface area contributed by atoms with Gasteiger partial charge in [-0.15, -0.1) is 0 Å². The van der Waals surface area contributed by atoms with Gasteiger partial charge in [-0.3, -0.25) is 10.2 Å². The van der Waals surface area contributed by atoms with Crippen molar-refractivity contribution >= 4 is 18.5 Å². The summed E-state index contributed by atoms with van der Waals surface area (Å²) in [6.45, 7) is 7.21. The molecule has 0 atom stereocenters. The SMILES string of the molecule is CC1(C)OB(c2ccc(C(=O)NN)c(F)c2F)OC1(C)C. The number of nitrogen functional groups attached to an aromatic ring is 1. The van der Waals surface area contributed by atoms with Crippen molar-refractivity contribution in [1.29, 1.82) is 0 Å². The number of nitrogens with two attached hydrogens (primary N) is 1. The molecule has 1 aliphatic rings. The zero-order valence-electron chi connectivity index (χ0n) is 12.3. The number of hydrazine groups is 1. The van der Waals surface area contributed by atoms with E-state index in [0.717, 1.165) is 6.07 Å². The van der Waals surface area contributed by atoms with Crippen LogP contribution in [-0.2, 0) is 9.31 Å². The minimum atomic E-state index is -1.29.